The van der Waals surface area contributed by atoms with E-state index in [0.717, 1.165) is 4.68 Å². The van der Waals surface area contributed by atoms with Crippen molar-refractivity contribution >= 4 is 21.7 Å². The van der Waals surface area contributed by atoms with Crippen LogP contribution in [0.15, 0.2) is 17.3 Å². The van der Waals surface area contributed by atoms with Crippen LogP contribution in [0.1, 0.15) is 11.4 Å². The summed E-state index contributed by atoms with van der Waals surface area (Å²) in [6, 6.07) is 0. The number of aryl methyl sites for hydroxylation is 2. The lowest BCUT2D eigenvalue weighted by Gasteiger charge is -2.06. The number of carbonyl (C=O) groups is 1. The number of nitrogens with one attached hydrogen (secondary N) is 1. The van der Waals surface area contributed by atoms with Gasteiger partial charge in [-0.25, -0.2) is 8.42 Å². The van der Waals surface area contributed by atoms with Gasteiger partial charge in [-0.15, -0.1) is 0 Å². The number of sulfonamides is 1. The summed E-state index contributed by atoms with van der Waals surface area (Å²) in [6.07, 6.45) is 2.90. The Balaban J connectivity index is 2.40. The van der Waals surface area contributed by atoms with Gasteiger partial charge in [0.15, 0.2) is 0 Å². The van der Waals surface area contributed by atoms with Gasteiger partial charge in [-0.1, -0.05) is 0 Å². The van der Waals surface area contributed by atoms with E-state index in [0.29, 0.717) is 5.69 Å². The molecule has 0 atom stereocenters. The van der Waals surface area contributed by atoms with Gasteiger partial charge in [-0.3, -0.25) is 18.9 Å². The van der Waals surface area contributed by atoms with E-state index in [1.165, 1.54) is 30.9 Å². The highest BCUT2D eigenvalue weighted by Gasteiger charge is 2.25. The summed E-state index contributed by atoms with van der Waals surface area (Å²) >= 11 is 0. The SMILES string of the molecule is Cc1nn(CC(=O)O)c(C)c1S(=O)(=O)Nc1cnn(C)c1. The molecule has 2 rings (SSSR count). The number of hydrogen-bond acceptors (Lipinski definition) is 5. The number of aliphatic carboxylic acids is 1. The molecule has 2 N–H and O–H groups in total. The van der Waals surface area contributed by atoms with Gasteiger partial charge >= 0.3 is 5.97 Å². The lowest BCUT2D eigenvalue weighted by Crippen LogP contribution is -2.16. The monoisotopic (exact) mass is 313 g/mol. The zero-order valence-electron chi connectivity index (χ0n) is 11.7. The number of nitrogens with zero attached hydrogens (tertiary/aromatic N) is 4. The molecule has 0 saturated heterocycles. The quantitative estimate of drug-likeness (QED) is 0.809. The predicted molar refractivity (Wildman–Crippen MR) is 73.4 cm³/mol. The van der Waals surface area contributed by atoms with Crippen molar-refractivity contribution in [2.24, 2.45) is 7.05 Å². The van der Waals surface area contributed by atoms with Crippen LogP contribution in [-0.2, 0) is 28.4 Å². The molecule has 2 heterocycles. The summed E-state index contributed by atoms with van der Waals surface area (Å²) in [5, 5.41) is 16.6. The van der Waals surface area contributed by atoms with Gasteiger partial charge in [-0.2, -0.15) is 10.2 Å². The van der Waals surface area contributed by atoms with Gasteiger partial charge in [-0.05, 0) is 13.8 Å². The van der Waals surface area contributed by atoms with Crippen molar-refractivity contribution < 1.29 is 18.3 Å². The number of carboxylic acids is 1. The summed E-state index contributed by atoms with van der Waals surface area (Å²) in [4.78, 5) is 10.7. The largest absolute Gasteiger partial charge is 0.480 e. The highest BCUT2D eigenvalue weighted by Crippen LogP contribution is 2.22. The van der Waals surface area contributed by atoms with Crippen LogP contribution in [0.5, 0.6) is 0 Å². The number of carboxylic acid groups (broad SMARTS) is 1. The lowest BCUT2D eigenvalue weighted by atomic mass is 10.4. The fourth-order valence-electron chi connectivity index (χ4n) is 2.03. The van der Waals surface area contributed by atoms with Crippen molar-refractivity contribution in [3.8, 4) is 0 Å². The molecule has 0 aliphatic heterocycles. The van der Waals surface area contributed by atoms with Crippen LogP contribution < -0.4 is 4.72 Å². The molecule has 2 aromatic rings. The van der Waals surface area contributed by atoms with E-state index in [1.54, 1.807) is 7.05 Å². The molecular formula is C11H15N5O4S. The van der Waals surface area contributed by atoms with Crippen LogP contribution >= 0.6 is 0 Å². The van der Waals surface area contributed by atoms with Crippen molar-refractivity contribution in [1.29, 1.82) is 0 Å². The van der Waals surface area contributed by atoms with Crippen LogP contribution in [0.2, 0.25) is 0 Å². The van der Waals surface area contributed by atoms with Crippen LogP contribution in [0.25, 0.3) is 0 Å². The minimum absolute atomic E-state index is 0.0207. The maximum atomic E-state index is 12.4. The van der Waals surface area contributed by atoms with Crippen molar-refractivity contribution in [3.63, 3.8) is 0 Å². The van der Waals surface area contributed by atoms with E-state index < -0.39 is 22.5 Å². The maximum Gasteiger partial charge on any atom is 0.325 e. The average molecular weight is 313 g/mol. The van der Waals surface area contributed by atoms with E-state index in [4.69, 9.17) is 5.11 Å². The van der Waals surface area contributed by atoms with Crippen LogP contribution in [0.4, 0.5) is 5.69 Å². The van der Waals surface area contributed by atoms with Crippen LogP contribution in [0.3, 0.4) is 0 Å². The first kappa shape index (κ1) is 15.0. The Bertz CT molecular complexity index is 790. The Kier molecular flexibility index (Phi) is 3.73. The second-order valence-corrected chi connectivity index (χ2v) is 6.18. The molecule has 0 saturated carbocycles. The molecule has 9 nitrogen and oxygen atoms in total. The third-order valence-corrected chi connectivity index (χ3v) is 4.46. The second-order valence-electron chi connectivity index (χ2n) is 4.56. The van der Waals surface area contributed by atoms with Gasteiger partial charge in [0, 0.05) is 13.2 Å². The number of aromatic nitrogens is 4. The van der Waals surface area contributed by atoms with Gasteiger partial charge in [0.1, 0.15) is 11.4 Å². The first-order valence-electron chi connectivity index (χ1n) is 5.98. The van der Waals surface area contributed by atoms with E-state index in [2.05, 4.69) is 14.9 Å². The summed E-state index contributed by atoms with van der Waals surface area (Å²) in [5.74, 6) is -1.09. The fourth-order valence-corrected chi connectivity index (χ4v) is 3.47. The van der Waals surface area contributed by atoms with Gasteiger partial charge in [0.25, 0.3) is 10.0 Å². The van der Waals surface area contributed by atoms with Crippen LogP contribution in [0, 0.1) is 13.8 Å². The summed E-state index contributed by atoms with van der Waals surface area (Å²) in [7, 11) is -2.19. The third kappa shape index (κ3) is 3.05. The smallest absolute Gasteiger partial charge is 0.325 e. The molecule has 10 heteroatoms. The minimum Gasteiger partial charge on any atom is -0.480 e. The van der Waals surface area contributed by atoms with Crippen molar-refractivity contribution in [2.45, 2.75) is 25.3 Å². The zero-order chi connectivity index (χ0) is 15.8. The van der Waals surface area contributed by atoms with Crippen molar-refractivity contribution in [2.75, 3.05) is 4.72 Å². The molecule has 0 aliphatic carbocycles. The Hall–Kier alpha value is -2.36. The second kappa shape index (κ2) is 5.20. The van der Waals surface area contributed by atoms with E-state index in [9.17, 15) is 13.2 Å². The maximum absolute atomic E-state index is 12.4. The lowest BCUT2D eigenvalue weighted by molar-refractivity contribution is -0.137. The summed E-state index contributed by atoms with van der Waals surface area (Å²) in [5.41, 5.74) is 0.832. The normalized spacial score (nSPS) is 11.6. The number of anilines is 1. The van der Waals surface area contributed by atoms with E-state index in [1.807, 2.05) is 0 Å². The zero-order valence-corrected chi connectivity index (χ0v) is 12.5. The summed E-state index contributed by atoms with van der Waals surface area (Å²) < 4.78 is 29.8. The molecule has 114 valence electrons. The van der Waals surface area contributed by atoms with E-state index in [-0.39, 0.29) is 16.3 Å². The number of hydrogen-bond donors (Lipinski definition) is 2. The first-order chi connectivity index (χ1) is 9.70. The number of rotatable bonds is 5. The molecular weight excluding hydrogens is 298 g/mol. The average Bonchev–Trinajstić information content (AvgIpc) is 2.82. The van der Waals surface area contributed by atoms with E-state index >= 15 is 0 Å². The Morgan fingerprint density at radius 2 is 2.10 bits per heavy atom. The molecule has 0 amide bonds. The molecule has 0 aliphatic rings. The topological polar surface area (TPSA) is 119 Å². The minimum atomic E-state index is -3.86. The van der Waals surface area contributed by atoms with Gasteiger partial charge in [0.2, 0.25) is 0 Å². The Labute approximate surface area is 121 Å². The van der Waals surface area contributed by atoms with Gasteiger partial charge < -0.3 is 5.11 Å². The fraction of sp³-hybridized carbons (Fsp3) is 0.364. The Morgan fingerprint density at radius 3 is 2.62 bits per heavy atom. The molecule has 0 fully saturated rings. The van der Waals surface area contributed by atoms with Crippen molar-refractivity contribution in [3.05, 3.63) is 23.8 Å². The summed E-state index contributed by atoms with van der Waals surface area (Å²) in [6.45, 7) is 2.64. The molecule has 0 aromatic carbocycles. The standard InChI is InChI=1S/C11H15N5O4S/c1-7-11(8(2)16(13-7)6-10(17)18)21(19,20)14-9-4-12-15(3)5-9/h4-5,14H,6H2,1-3H3,(H,17,18). The van der Waals surface area contributed by atoms with Crippen LogP contribution in [-0.4, -0.2) is 39.1 Å². The first-order valence-corrected chi connectivity index (χ1v) is 7.46. The molecule has 0 radical (unpaired) electrons. The highest BCUT2D eigenvalue weighted by molar-refractivity contribution is 7.92. The van der Waals surface area contributed by atoms with Gasteiger partial charge in [0.05, 0.1) is 23.3 Å². The Morgan fingerprint density at radius 1 is 1.43 bits per heavy atom. The molecule has 0 spiro atoms. The van der Waals surface area contributed by atoms with Crippen molar-refractivity contribution in [1.82, 2.24) is 19.6 Å². The molecule has 0 bridgehead atoms. The molecule has 2 aromatic heterocycles. The third-order valence-electron chi connectivity index (χ3n) is 2.83. The predicted octanol–water partition coefficient (Wildman–Crippen LogP) is 0.119. The molecule has 0 unspecified atom stereocenters. The molecule has 21 heavy (non-hydrogen) atoms. The highest BCUT2D eigenvalue weighted by atomic mass is 32.2.